The molecule has 0 aliphatic heterocycles. The summed E-state index contributed by atoms with van der Waals surface area (Å²) >= 11 is 5.88. The lowest BCUT2D eigenvalue weighted by Gasteiger charge is -2.14. The van der Waals surface area contributed by atoms with Gasteiger partial charge in [0, 0.05) is 22.8 Å². The Bertz CT molecular complexity index is 1330. The zero-order chi connectivity index (χ0) is 27.1. The zero-order valence-corrected chi connectivity index (χ0v) is 20.0. The van der Waals surface area contributed by atoms with Crippen LogP contribution in [0, 0.1) is 5.82 Å². The molecule has 0 aliphatic rings. The predicted molar refractivity (Wildman–Crippen MR) is 123 cm³/mol. The number of sulfonamides is 1. The standard InChI is InChI=1S/C18H17ClFN5O3S.C2HF3O2/c1-21-29(26,27)16-8-14(15(28-2)7-13(16)20)25-18-9-17(22-10-23-18)24-12-5-3-11(19)4-6-12;3-2(4,5)1(6)7/h3-10,21H,1-2H3,(H2,22,23,24,25);(H,6,7). The van der Waals surface area contributed by atoms with Gasteiger partial charge in [0.25, 0.3) is 0 Å². The Morgan fingerprint density at radius 3 is 2.11 bits per heavy atom. The third-order valence-corrected chi connectivity index (χ3v) is 5.78. The molecule has 0 saturated heterocycles. The van der Waals surface area contributed by atoms with E-state index in [0.717, 1.165) is 17.8 Å². The number of carboxylic acid groups (broad SMARTS) is 1. The topological polar surface area (TPSA) is 143 Å². The molecule has 0 radical (unpaired) electrons. The molecule has 0 amide bonds. The first-order chi connectivity index (χ1) is 16.8. The number of hydrogen-bond donors (Lipinski definition) is 4. The SMILES string of the molecule is CNS(=O)(=O)c1cc(Nc2cc(Nc3ccc(Cl)cc3)ncn2)c(OC)cc1F.O=C(O)C(F)(F)F. The number of benzene rings is 2. The summed E-state index contributed by atoms with van der Waals surface area (Å²) in [5.41, 5.74) is 0.986. The van der Waals surface area contributed by atoms with Crippen LogP contribution in [-0.2, 0) is 14.8 Å². The molecule has 4 N–H and O–H groups in total. The van der Waals surface area contributed by atoms with E-state index >= 15 is 0 Å². The van der Waals surface area contributed by atoms with Crippen molar-refractivity contribution in [3.05, 3.63) is 59.6 Å². The molecule has 0 unspecified atom stereocenters. The summed E-state index contributed by atoms with van der Waals surface area (Å²) in [4.78, 5) is 16.6. The van der Waals surface area contributed by atoms with Crippen molar-refractivity contribution < 1.29 is 40.6 Å². The van der Waals surface area contributed by atoms with Gasteiger partial charge in [-0.25, -0.2) is 32.3 Å². The fourth-order valence-corrected chi connectivity index (χ4v) is 3.37. The molecule has 0 bridgehead atoms. The molecule has 1 heterocycles. The molecule has 2 aromatic carbocycles. The van der Waals surface area contributed by atoms with Crippen molar-refractivity contribution in [2.24, 2.45) is 0 Å². The molecule has 10 nitrogen and oxygen atoms in total. The Hall–Kier alpha value is -3.69. The third kappa shape index (κ3) is 7.93. The maximum Gasteiger partial charge on any atom is 0.490 e. The van der Waals surface area contributed by atoms with E-state index < -0.39 is 32.9 Å². The summed E-state index contributed by atoms with van der Waals surface area (Å²) < 4.78 is 77.3. The Morgan fingerprint density at radius 2 is 1.61 bits per heavy atom. The highest BCUT2D eigenvalue weighted by molar-refractivity contribution is 7.89. The molecule has 0 atom stereocenters. The van der Waals surface area contributed by atoms with Gasteiger partial charge in [-0.2, -0.15) is 13.2 Å². The Kier molecular flexibility index (Phi) is 9.38. The van der Waals surface area contributed by atoms with E-state index in [9.17, 15) is 26.0 Å². The second kappa shape index (κ2) is 11.8. The van der Waals surface area contributed by atoms with Gasteiger partial charge < -0.3 is 20.5 Å². The number of carboxylic acids is 1. The highest BCUT2D eigenvalue weighted by Crippen LogP contribution is 2.32. The van der Waals surface area contributed by atoms with Crippen molar-refractivity contribution in [3.63, 3.8) is 0 Å². The summed E-state index contributed by atoms with van der Waals surface area (Å²) in [6, 6.07) is 10.8. The van der Waals surface area contributed by atoms with Crippen molar-refractivity contribution in [2.75, 3.05) is 24.8 Å². The highest BCUT2D eigenvalue weighted by Gasteiger charge is 2.38. The number of aromatic nitrogens is 2. The van der Waals surface area contributed by atoms with Gasteiger partial charge in [0.1, 0.15) is 34.4 Å². The van der Waals surface area contributed by atoms with Crippen LogP contribution < -0.4 is 20.1 Å². The van der Waals surface area contributed by atoms with Gasteiger partial charge in [0.05, 0.1) is 12.8 Å². The van der Waals surface area contributed by atoms with Crippen LogP contribution in [0.15, 0.2) is 53.7 Å². The first kappa shape index (κ1) is 28.5. The molecule has 0 aliphatic carbocycles. The number of carbonyl (C=O) groups is 1. The lowest BCUT2D eigenvalue weighted by atomic mass is 10.2. The second-order valence-electron chi connectivity index (χ2n) is 6.54. The molecular weight excluding hydrogens is 534 g/mol. The van der Waals surface area contributed by atoms with E-state index in [2.05, 4.69) is 25.3 Å². The summed E-state index contributed by atoms with van der Waals surface area (Å²) in [7, 11) is -1.45. The van der Waals surface area contributed by atoms with Crippen LogP contribution in [0.2, 0.25) is 5.02 Å². The fraction of sp³-hybridized carbons (Fsp3) is 0.150. The number of rotatable bonds is 7. The number of anilines is 4. The zero-order valence-electron chi connectivity index (χ0n) is 18.4. The Labute approximate surface area is 207 Å². The number of nitrogens with zero attached hydrogens (tertiary/aromatic N) is 2. The minimum Gasteiger partial charge on any atom is -0.494 e. The van der Waals surface area contributed by atoms with Crippen LogP contribution in [0.3, 0.4) is 0 Å². The average Bonchev–Trinajstić information content (AvgIpc) is 2.81. The summed E-state index contributed by atoms with van der Waals surface area (Å²) in [5.74, 6) is -2.76. The van der Waals surface area contributed by atoms with Crippen molar-refractivity contribution in [1.82, 2.24) is 14.7 Å². The lowest BCUT2D eigenvalue weighted by Crippen LogP contribution is -2.21. The number of aliphatic carboxylic acids is 1. The minimum absolute atomic E-state index is 0.114. The molecule has 3 aromatic rings. The number of nitrogens with one attached hydrogen (secondary N) is 3. The van der Waals surface area contributed by atoms with Gasteiger partial charge in [-0.1, -0.05) is 11.6 Å². The smallest absolute Gasteiger partial charge is 0.490 e. The van der Waals surface area contributed by atoms with E-state index in [1.54, 1.807) is 30.3 Å². The molecule has 0 fully saturated rings. The fourth-order valence-electron chi connectivity index (χ4n) is 2.43. The number of halogens is 5. The number of alkyl halides is 3. The van der Waals surface area contributed by atoms with E-state index in [-0.39, 0.29) is 11.4 Å². The predicted octanol–water partition coefficient (Wildman–Crippen LogP) is 4.31. The van der Waals surface area contributed by atoms with Crippen LogP contribution in [0.1, 0.15) is 0 Å². The van der Waals surface area contributed by atoms with Crippen LogP contribution in [0.25, 0.3) is 0 Å². The van der Waals surface area contributed by atoms with Gasteiger partial charge >= 0.3 is 12.1 Å². The van der Waals surface area contributed by atoms with Crippen LogP contribution in [-0.4, -0.2) is 49.8 Å². The van der Waals surface area contributed by atoms with Crippen molar-refractivity contribution in [2.45, 2.75) is 11.1 Å². The van der Waals surface area contributed by atoms with Crippen molar-refractivity contribution in [3.8, 4) is 5.75 Å². The minimum atomic E-state index is -5.08. The highest BCUT2D eigenvalue weighted by atomic mass is 35.5. The van der Waals surface area contributed by atoms with E-state index in [0.29, 0.717) is 16.7 Å². The first-order valence-corrected chi connectivity index (χ1v) is 11.4. The molecule has 36 heavy (non-hydrogen) atoms. The number of ether oxygens (including phenoxy) is 1. The van der Waals surface area contributed by atoms with Crippen LogP contribution >= 0.6 is 11.6 Å². The molecule has 0 saturated carbocycles. The van der Waals surface area contributed by atoms with Gasteiger partial charge in [-0.05, 0) is 37.4 Å². The average molecular weight is 552 g/mol. The molecular formula is C20H18ClF4N5O5S. The second-order valence-corrected chi connectivity index (χ2v) is 8.83. The van der Waals surface area contributed by atoms with Crippen molar-refractivity contribution >= 4 is 50.6 Å². The molecule has 3 rings (SSSR count). The molecule has 0 spiro atoms. The first-order valence-electron chi connectivity index (χ1n) is 9.49. The number of methoxy groups -OCH3 is 1. The molecule has 1 aromatic heterocycles. The Morgan fingerprint density at radius 1 is 1.06 bits per heavy atom. The van der Waals surface area contributed by atoms with Gasteiger partial charge in [0.15, 0.2) is 0 Å². The van der Waals surface area contributed by atoms with Gasteiger partial charge in [-0.15, -0.1) is 0 Å². The maximum atomic E-state index is 14.2. The number of hydrogen-bond acceptors (Lipinski definition) is 8. The van der Waals surface area contributed by atoms with Crippen molar-refractivity contribution in [1.29, 1.82) is 0 Å². The summed E-state index contributed by atoms with van der Waals surface area (Å²) in [6.45, 7) is 0. The Balaban J connectivity index is 0.000000572. The largest absolute Gasteiger partial charge is 0.494 e. The monoisotopic (exact) mass is 551 g/mol. The third-order valence-electron chi connectivity index (χ3n) is 4.10. The normalized spacial score (nSPS) is 11.2. The van der Waals surface area contributed by atoms with E-state index in [1.165, 1.54) is 20.5 Å². The van der Waals surface area contributed by atoms with Gasteiger partial charge in [0.2, 0.25) is 10.0 Å². The molecule has 16 heteroatoms. The summed E-state index contributed by atoms with van der Waals surface area (Å²) in [6.07, 6.45) is -3.76. The quantitative estimate of drug-likeness (QED) is 0.316. The van der Waals surface area contributed by atoms with E-state index in [1.807, 2.05) is 0 Å². The molecule has 194 valence electrons. The van der Waals surface area contributed by atoms with Crippen LogP contribution in [0.5, 0.6) is 5.75 Å². The van der Waals surface area contributed by atoms with E-state index in [4.69, 9.17) is 26.2 Å². The lowest BCUT2D eigenvalue weighted by molar-refractivity contribution is -0.192. The van der Waals surface area contributed by atoms with Crippen LogP contribution in [0.4, 0.5) is 40.6 Å². The maximum absolute atomic E-state index is 14.2. The summed E-state index contributed by atoms with van der Waals surface area (Å²) in [5, 5.41) is 13.8. The van der Waals surface area contributed by atoms with Gasteiger partial charge in [-0.3, -0.25) is 0 Å².